The van der Waals surface area contributed by atoms with Gasteiger partial charge in [-0.05, 0) is 41.0 Å². The molecule has 13 heteroatoms. The van der Waals surface area contributed by atoms with Gasteiger partial charge in [0.25, 0.3) is 0 Å². The van der Waals surface area contributed by atoms with Gasteiger partial charge in [0.1, 0.15) is 30.9 Å². The number of anilines is 1. The number of hydrogen-bond donors (Lipinski definition) is 2. The lowest BCUT2D eigenvalue weighted by molar-refractivity contribution is -0.143. The van der Waals surface area contributed by atoms with Gasteiger partial charge in [-0.25, -0.2) is 30.0 Å². The Kier molecular flexibility index (Phi) is 10.4. The quantitative estimate of drug-likeness (QED) is 0.0593. The van der Waals surface area contributed by atoms with Gasteiger partial charge in [-0.2, -0.15) is 5.26 Å². The highest BCUT2D eigenvalue weighted by Crippen LogP contribution is 2.57. The Hall–Kier alpha value is -7.24. The summed E-state index contributed by atoms with van der Waals surface area (Å²) >= 11 is 0. The minimum absolute atomic E-state index is 0.0163. The van der Waals surface area contributed by atoms with Gasteiger partial charge < -0.3 is 19.3 Å². The maximum absolute atomic E-state index is 13.9. The molecule has 5 aromatic carbocycles. The largest absolute Gasteiger partial charge is 0.459 e. The SMILES string of the molecule is CONc1ncnc2c1ncn2[C@@]1(C(c2ccccc2)(c2ccccc2)c2ccccc2)C[C@H](O)[C@@H](COC(=O)c2ccccc2C(=O)Oc2ccccc2C#N)O1. The van der Waals surface area contributed by atoms with Gasteiger partial charge in [0.2, 0.25) is 0 Å². The molecule has 8 rings (SSSR count). The van der Waals surface area contributed by atoms with E-state index in [2.05, 4.69) is 15.4 Å². The third-order valence-corrected chi connectivity index (χ3v) is 10.3. The molecule has 0 bridgehead atoms. The van der Waals surface area contributed by atoms with E-state index in [1.54, 1.807) is 30.6 Å². The number of para-hydroxylation sites is 1. The zero-order valence-electron chi connectivity index (χ0n) is 31.1. The first kappa shape index (κ1) is 37.7. The van der Waals surface area contributed by atoms with Crippen LogP contribution in [0.25, 0.3) is 11.2 Å². The molecule has 3 heterocycles. The van der Waals surface area contributed by atoms with Gasteiger partial charge in [0.05, 0.1) is 41.6 Å². The van der Waals surface area contributed by atoms with E-state index in [1.165, 1.54) is 37.7 Å². The zero-order valence-corrected chi connectivity index (χ0v) is 31.1. The molecule has 0 spiro atoms. The lowest BCUT2D eigenvalue weighted by atomic mass is 9.61. The van der Waals surface area contributed by atoms with E-state index in [0.717, 1.165) is 16.7 Å². The van der Waals surface area contributed by atoms with Crippen molar-refractivity contribution in [3.63, 3.8) is 0 Å². The van der Waals surface area contributed by atoms with Crippen LogP contribution in [0.2, 0.25) is 0 Å². The van der Waals surface area contributed by atoms with Crippen molar-refractivity contribution in [1.82, 2.24) is 19.5 Å². The number of nitrogens with one attached hydrogen (secondary N) is 1. The van der Waals surface area contributed by atoms with Crippen LogP contribution in [0.15, 0.2) is 152 Å². The molecule has 0 aliphatic carbocycles. The average Bonchev–Trinajstić information content (AvgIpc) is 3.86. The normalized spacial score (nSPS) is 17.7. The fourth-order valence-corrected chi connectivity index (χ4v) is 7.90. The third-order valence-electron chi connectivity index (χ3n) is 10.3. The number of carbonyl (C=O) groups excluding carboxylic acids is 2. The smallest absolute Gasteiger partial charge is 0.344 e. The minimum Gasteiger partial charge on any atom is -0.459 e. The van der Waals surface area contributed by atoms with E-state index in [0.29, 0.717) is 17.0 Å². The molecule has 2 N–H and O–H groups in total. The highest BCUT2D eigenvalue weighted by molar-refractivity contribution is 6.03. The molecule has 1 aliphatic heterocycles. The summed E-state index contributed by atoms with van der Waals surface area (Å²) in [6, 6.07) is 43.9. The Labute approximate surface area is 333 Å². The summed E-state index contributed by atoms with van der Waals surface area (Å²) in [6.45, 7) is -0.394. The highest BCUT2D eigenvalue weighted by atomic mass is 16.6. The summed E-state index contributed by atoms with van der Waals surface area (Å²) in [5.74, 6) is -1.31. The Morgan fingerprint density at radius 3 is 2.00 bits per heavy atom. The standard InChI is InChI=1S/C45H36N6O7/c1-55-50-40-39-41(48-28-47-40)51(29-49-39)44(45(31-16-5-2-6-17-31,32-18-7-3-8-19-32)33-20-9-4-10-21-33)25-36(52)38(58-44)27-56-42(53)34-22-12-13-23-35(34)43(54)57-37-24-14-11-15-30(37)26-46/h2-24,28-29,36,38,52H,25,27H2,1H3,(H,47,48,50)/t36-,38+,44-/m0/s1. The van der Waals surface area contributed by atoms with Crippen molar-refractivity contribution in [3.05, 3.63) is 186 Å². The van der Waals surface area contributed by atoms with Crippen LogP contribution in [0.3, 0.4) is 0 Å². The van der Waals surface area contributed by atoms with E-state index in [-0.39, 0.29) is 28.9 Å². The van der Waals surface area contributed by atoms with E-state index in [4.69, 9.17) is 24.0 Å². The van der Waals surface area contributed by atoms with Gasteiger partial charge in [-0.1, -0.05) is 115 Å². The maximum atomic E-state index is 13.9. The number of benzene rings is 5. The molecule has 0 unspecified atom stereocenters. The summed E-state index contributed by atoms with van der Waals surface area (Å²) in [6.07, 6.45) is 0.699. The molecule has 288 valence electrons. The van der Waals surface area contributed by atoms with Gasteiger partial charge in [-0.3, -0.25) is 9.40 Å². The minimum atomic E-state index is -1.53. The predicted octanol–water partition coefficient (Wildman–Crippen LogP) is 6.58. The number of fused-ring (bicyclic) bond motifs is 1. The third kappa shape index (κ3) is 6.50. The second kappa shape index (κ2) is 16.1. The van der Waals surface area contributed by atoms with Crippen molar-refractivity contribution in [2.24, 2.45) is 0 Å². The van der Waals surface area contributed by atoms with Crippen LogP contribution in [-0.4, -0.2) is 62.5 Å². The number of aliphatic hydroxyl groups is 1. The fraction of sp³-hybridized carbons (Fsp3) is 0.156. The summed E-state index contributed by atoms with van der Waals surface area (Å²) in [7, 11) is 1.47. The summed E-state index contributed by atoms with van der Waals surface area (Å²) in [5.41, 5.74) is 3.38. The molecule has 13 nitrogen and oxygen atoms in total. The first-order valence-corrected chi connectivity index (χ1v) is 18.4. The number of esters is 2. The Morgan fingerprint density at radius 1 is 0.828 bits per heavy atom. The number of rotatable bonds is 12. The summed E-state index contributed by atoms with van der Waals surface area (Å²) < 4.78 is 20.5. The number of nitriles is 1. The van der Waals surface area contributed by atoms with Crippen LogP contribution < -0.4 is 10.2 Å². The highest BCUT2D eigenvalue weighted by Gasteiger charge is 2.63. The fourth-order valence-electron chi connectivity index (χ4n) is 7.90. The van der Waals surface area contributed by atoms with Crippen molar-refractivity contribution in [3.8, 4) is 11.8 Å². The molecule has 58 heavy (non-hydrogen) atoms. The van der Waals surface area contributed by atoms with E-state index < -0.39 is 41.9 Å². The Balaban J connectivity index is 1.23. The number of carbonyl (C=O) groups is 2. The zero-order chi connectivity index (χ0) is 40.1. The number of imidazole rings is 1. The van der Waals surface area contributed by atoms with Gasteiger partial charge >= 0.3 is 11.9 Å². The van der Waals surface area contributed by atoms with E-state index in [1.807, 2.05) is 102 Å². The topological polar surface area (TPSA) is 171 Å². The molecular formula is C45H36N6O7. The number of aliphatic hydroxyl groups excluding tert-OH is 1. The van der Waals surface area contributed by atoms with Crippen LogP contribution in [-0.2, 0) is 25.5 Å². The molecular weight excluding hydrogens is 737 g/mol. The molecule has 3 atom stereocenters. The van der Waals surface area contributed by atoms with Crippen molar-refractivity contribution in [2.75, 3.05) is 19.2 Å². The van der Waals surface area contributed by atoms with Crippen molar-refractivity contribution in [1.29, 1.82) is 5.26 Å². The molecule has 1 fully saturated rings. The van der Waals surface area contributed by atoms with Gasteiger partial charge in [-0.15, -0.1) is 0 Å². The average molecular weight is 773 g/mol. The maximum Gasteiger partial charge on any atom is 0.344 e. The van der Waals surface area contributed by atoms with Crippen LogP contribution in [0.5, 0.6) is 5.75 Å². The van der Waals surface area contributed by atoms with Gasteiger partial charge in [0, 0.05) is 6.42 Å². The van der Waals surface area contributed by atoms with E-state index in [9.17, 15) is 20.0 Å². The molecule has 0 radical (unpaired) electrons. The second-order valence-electron chi connectivity index (χ2n) is 13.5. The predicted molar refractivity (Wildman–Crippen MR) is 211 cm³/mol. The first-order valence-electron chi connectivity index (χ1n) is 18.4. The number of ether oxygens (including phenoxy) is 3. The Morgan fingerprint density at radius 2 is 1.40 bits per heavy atom. The lowest BCUT2D eigenvalue weighted by Crippen LogP contribution is -2.55. The second-order valence-corrected chi connectivity index (χ2v) is 13.5. The van der Waals surface area contributed by atoms with Crippen molar-refractivity contribution in [2.45, 2.75) is 29.8 Å². The van der Waals surface area contributed by atoms with Crippen molar-refractivity contribution < 1.29 is 33.7 Å². The van der Waals surface area contributed by atoms with Gasteiger partial charge in [0.15, 0.2) is 22.7 Å². The number of nitrogens with zero attached hydrogens (tertiary/aromatic N) is 5. The monoisotopic (exact) mass is 772 g/mol. The Bertz CT molecular complexity index is 2520. The summed E-state index contributed by atoms with van der Waals surface area (Å²) in [5, 5.41) is 21.7. The van der Waals surface area contributed by atoms with Crippen LogP contribution >= 0.6 is 0 Å². The molecule has 1 aliphatic rings. The summed E-state index contributed by atoms with van der Waals surface area (Å²) in [4.78, 5) is 46.2. The van der Waals surface area contributed by atoms with Crippen LogP contribution in [0, 0.1) is 11.3 Å². The first-order chi connectivity index (χ1) is 28.4. The lowest BCUT2D eigenvalue weighted by Gasteiger charge is -2.50. The molecule has 0 saturated carbocycles. The molecule has 1 saturated heterocycles. The van der Waals surface area contributed by atoms with Crippen molar-refractivity contribution >= 4 is 28.9 Å². The van der Waals surface area contributed by atoms with Crippen LogP contribution in [0.4, 0.5) is 5.82 Å². The number of aromatic nitrogens is 4. The molecule has 2 aromatic heterocycles. The van der Waals surface area contributed by atoms with Crippen LogP contribution in [0.1, 0.15) is 49.4 Å². The molecule has 7 aromatic rings. The number of hydrogen-bond acceptors (Lipinski definition) is 12. The molecule has 0 amide bonds. The van der Waals surface area contributed by atoms with E-state index >= 15 is 0 Å².